The van der Waals surface area contributed by atoms with E-state index in [1.165, 1.54) is 19.4 Å². The Morgan fingerprint density at radius 1 is 1.10 bits per heavy atom. The highest BCUT2D eigenvalue weighted by atomic mass is 79.9. The first kappa shape index (κ1) is 30.8. The lowest BCUT2D eigenvalue weighted by molar-refractivity contribution is -0.132. The average molecular weight is 647 g/mol. The highest BCUT2D eigenvalue weighted by molar-refractivity contribution is 9.10. The Morgan fingerprint density at radius 3 is 2.52 bits per heavy atom. The van der Waals surface area contributed by atoms with Crippen LogP contribution in [0.5, 0.6) is 17.2 Å². The molecule has 3 aromatic rings. The second-order valence-corrected chi connectivity index (χ2v) is 10.0. The third kappa shape index (κ3) is 8.91. The maximum atomic E-state index is 13.1. The highest BCUT2D eigenvalue weighted by Crippen LogP contribution is 2.36. The molecule has 2 amide bonds. The van der Waals surface area contributed by atoms with Gasteiger partial charge in [-0.3, -0.25) is 9.59 Å². The van der Waals surface area contributed by atoms with Crippen LogP contribution < -0.4 is 25.0 Å². The van der Waals surface area contributed by atoms with Gasteiger partial charge in [-0.05, 0) is 64.3 Å². The molecule has 0 aromatic heterocycles. The van der Waals surface area contributed by atoms with E-state index in [0.29, 0.717) is 32.3 Å². The number of carbonyl (C=O) groups excluding carboxylic acids is 2. The van der Waals surface area contributed by atoms with Crippen molar-refractivity contribution in [3.8, 4) is 29.6 Å². The number of hydrogen-bond acceptors (Lipinski definition) is 6. The van der Waals surface area contributed by atoms with Gasteiger partial charge in [-0.2, -0.15) is 5.10 Å². The van der Waals surface area contributed by atoms with Gasteiger partial charge >= 0.3 is 0 Å². The number of amides is 2. The molecule has 3 rings (SSSR count). The first-order valence-corrected chi connectivity index (χ1v) is 13.5. The largest absolute Gasteiger partial charge is 0.493 e. The monoisotopic (exact) mass is 645 g/mol. The SMILES string of the molecule is C#CCOc1c(Br)cc(/C=N\NC(=O)[C@H](Cc2ccccc2)NC(=O)[C@H](C)Oc2ccc(Cl)cc2Cl)cc1OC. The smallest absolute Gasteiger partial charge is 0.262 e. The standard InChI is InChI=1S/C29H26BrCl2N3O5/c1-4-12-39-27-22(30)13-20(15-26(27)38-3)17-33-35-29(37)24(14-19-8-6-5-7-9-19)34-28(36)18(2)40-25-11-10-21(31)16-23(25)32/h1,5-11,13,15-18,24H,12,14H2,2-3H3,(H,34,36)(H,35,37)/b33-17-/t18-,24-/m0/s1. The summed E-state index contributed by atoms with van der Waals surface area (Å²) >= 11 is 15.5. The minimum Gasteiger partial charge on any atom is -0.493 e. The molecule has 208 valence electrons. The Hall–Kier alpha value is -3.71. The molecule has 0 heterocycles. The van der Waals surface area contributed by atoms with Gasteiger partial charge < -0.3 is 19.5 Å². The predicted molar refractivity (Wildman–Crippen MR) is 159 cm³/mol. The van der Waals surface area contributed by atoms with E-state index in [-0.39, 0.29) is 18.1 Å². The number of nitrogens with one attached hydrogen (secondary N) is 2. The van der Waals surface area contributed by atoms with Crippen molar-refractivity contribution in [1.82, 2.24) is 10.7 Å². The first-order valence-electron chi connectivity index (χ1n) is 11.9. The fourth-order valence-corrected chi connectivity index (χ4v) is 4.51. The molecule has 40 heavy (non-hydrogen) atoms. The van der Waals surface area contributed by atoms with Crippen LogP contribution >= 0.6 is 39.1 Å². The minimum absolute atomic E-state index is 0.0728. The molecule has 0 aliphatic heterocycles. The molecule has 0 unspecified atom stereocenters. The van der Waals surface area contributed by atoms with Crippen molar-refractivity contribution in [3.63, 3.8) is 0 Å². The second-order valence-electron chi connectivity index (χ2n) is 8.35. The molecule has 0 saturated carbocycles. The summed E-state index contributed by atoms with van der Waals surface area (Å²) in [6, 6.07) is 16.4. The number of hydrogen-bond donors (Lipinski definition) is 2. The van der Waals surface area contributed by atoms with Gasteiger partial charge in [0.05, 0.1) is 22.8 Å². The number of carbonyl (C=O) groups is 2. The van der Waals surface area contributed by atoms with Crippen molar-refractivity contribution >= 4 is 57.2 Å². The Bertz CT molecular complexity index is 1410. The van der Waals surface area contributed by atoms with E-state index in [1.54, 1.807) is 31.2 Å². The molecule has 0 aliphatic rings. The van der Waals surface area contributed by atoms with Crippen LogP contribution in [-0.4, -0.2) is 43.9 Å². The van der Waals surface area contributed by atoms with Gasteiger partial charge in [0.1, 0.15) is 18.4 Å². The van der Waals surface area contributed by atoms with E-state index < -0.39 is 24.0 Å². The molecule has 8 nitrogen and oxygen atoms in total. The summed E-state index contributed by atoms with van der Waals surface area (Å²) in [7, 11) is 1.50. The van der Waals surface area contributed by atoms with Crippen LogP contribution in [0.15, 0.2) is 70.2 Å². The fraction of sp³-hybridized carbons (Fsp3) is 0.207. The highest BCUT2D eigenvalue weighted by Gasteiger charge is 2.25. The topological polar surface area (TPSA) is 98.2 Å². The van der Waals surface area contributed by atoms with Gasteiger partial charge in [-0.15, -0.1) is 6.42 Å². The van der Waals surface area contributed by atoms with Crippen LogP contribution in [0, 0.1) is 12.3 Å². The second kappa shape index (κ2) is 15.2. The molecule has 0 spiro atoms. The average Bonchev–Trinajstić information content (AvgIpc) is 2.93. The lowest BCUT2D eigenvalue weighted by atomic mass is 10.1. The number of methoxy groups -OCH3 is 1. The summed E-state index contributed by atoms with van der Waals surface area (Å²) < 4.78 is 17.2. The van der Waals surface area contributed by atoms with E-state index in [1.807, 2.05) is 30.3 Å². The van der Waals surface area contributed by atoms with Crippen LogP contribution in [0.3, 0.4) is 0 Å². The van der Waals surface area contributed by atoms with Gasteiger partial charge in [0.15, 0.2) is 17.6 Å². The molecule has 3 aromatic carbocycles. The number of rotatable bonds is 12. The summed E-state index contributed by atoms with van der Waals surface area (Å²) in [5.41, 5.74) is 3.95. The number of benzene rings is 3. The molecule has 0 radical (unpaired) electrons. The van der Waals surface area contributed by atoms with Crippen LogP contribution in [0.4, 0.5) is 0 Å². The summed E-state index contributed by atoms with van der Waals surface area (Å²) in [6.45, 7) is 1.63. The molecule has 0 fully saturated rings. The van der Waals surface area contributed by atoms with E-state index in [0.717, 1.165) is 5.56 Å². The van der Waals surface area contributed by atoms with Crippen molar-refractivity contribution in [2.45, 2.75) is 25.5 Å². The normalized spacial score (nSPS) is 12.2. The summed E-state index contributed by atoms with van der Waals surface area (Å²) in [5.74, 6) is 2.54. The number of terminal acetylenes is 1. The molecule has 0 bridgehead atoms. The Morgan fingerprint density at radius 2 is 1.85 bits per heavy atom. The molecular weight excluding hydrogens is 621 g/mol. The predicted octanol–water partition coefficient (Wildman–Crippen LogP) is 5.42. The van der Waals surface area contributed by atoms with Crippen molar-refractivity contribution in [1.29, 1.82) is 0 Å². The van der Waals surface area contributed by atoms with Crippen LogP contribution in [0.2, 0.25) is 10.0 Å². The van der Waals surface area contributed by atoms with Crippen molar-refractivity contribution < 1.29 is 23.8 Å². The quantitative estimate of drug-likeness (QED) is 0.156. The lowest BCUT2D eigenvalue weighted by Crippen LogP contribution is -2.50. The summed E-state index contributed by atoms with van der Waals surface area (Å²) in [4.78, 5) is 26.1. The Balaban J connectivity index is 1.72. The maximum absolute atomic E-state index is 13.1. The van der Waals surface area contributed by atoms with Crippen LogP contribution in [-0.2, 0) is 16.0 Å². The zero-order valence-corrected chi connectivity index (χ0v) is 24.7. The van der Waals surface area contributed by atoms with E-state index in [4.69, 9.17) is 43.8 Å². The molecular formula is C29H26BrCl2N3O5. The van der Waals surface area contributed by atoms with Gasteiger partial charge in [-0.1, -0.05) is 59.5 Å². The van der Waals surface area contributed by atoms with Crippen LogP contribution in [0.25, 0.3) is 0 Å². The maximum Gasteiger partial charge on any atom is 0.262 e. The molecule has 2 N–H and O–H groups in total. The number of ether oxygens (including phenoxy) is 3. The first-order chi connectivity index (χ1) is 19.2. The summed E-state index contributed by atoms with van der Waals surface area (Å²) in [6.07, 6.45) is 5.98. The van der Waals surface area contributed by atoms with Crippen LogP contribution in [0.1, 0.15) is 18.1 Å². The third-order valence-electron chi connectivity index (χ3n) is 5.42. The minimum atomic E-state index is -0.951. The van der Waals surface area contributed by atoms with Crippen molar-refractivity contribution in [2.24, 2.45) is 5.10 Å². The van der Waals surface area contributed by atoms with Gasteiger partial charge in [-0.25, -0.2) is 5.43 Å². The lowest BCUT2D eigenvalue weighted by Gasteiger charge is -2.21. The Labute approximate surface area is 251 Å². The van der Waals surface area contributed by atoms with E-state index >= 15 is 0 Å². The number of nitrogens with zero attached hydrogens (tertiary/aromatic N) is 1. The van der Waals surface area contributed by atoms with Gasteiger partial charge in [0.25, 0.3) is 11.8 Å². The number of halogens is 3. The van der Waals surface area contributed by atoms with Crippen molar-refractivity contribution in [3.05, 3.63) is 86.3 Å². The van der Waals surface area contributed by atoms with E-state index in [2.05, 4.69) is 37.7 Å². The third-order valence-corrected chi connectivity index (χ3v) is 6.54. The van der Waals surface area contributed by atoms with Gasteiger partial charge in [0.2, 0.25) is 0 Å². The van der Waals surface area contributed by atoms with E-state index in [9.17, 15) is 9.59 Å². The van der Waals surface area contributed by atoms with Crippen molar-refractivity contribution in [2.75, 3.05) is 13.7 Å². The molecule has 2 atom stereocenters. The summed E-state index contributed by atoms with van der Waals surface area (Å²) in [5, 5.41) is 7.51. The molecule has 0 aliphatic carbocycles. The zero-order valence-electron chi connectivity index (χ0n) is 21.6. The zero-order chi connectivity index (χ0) is 29.1. The molecule has 0 saturated heterocycles. The van der Waals surface area contributed by atoms with Gasteiger partial charge in [0, 0.05) is 11.4 Å². The Kier molecular flexibility index (Phi) is 11.7. The number of hydrazone groups is 1. The fourth-order valence-electron chi connectivity index (χ4n) is 3.48. The molecule has 11 heteroatoms.